The number of rotatable bonds is 7. The zero-order valence-electron chi connectivity index (χ0n) is 15.7. The molecular weight excluding hydrogens is 418 g/mol. The number of hydrogen-bond acceptors (Lipinski definition) is 7. The first-order valence-electron chi connectivity index (χ1n) is 8.67. The van der Waals surface area contributed by atoms with Crippen LogP contribution in [0.1, 0.15) is 18.4 Å². The Labute approximate surface area is 175 Å². The lowest BCUT2D eigenvalue weighted by atomic mass is 9.97. The molecule has 29 heavy (non-hydrogen) atoms. The number of aliphatic imine (C=N–C) groups is 1. The summed E-state index contributed by atoms with van der Waals surface area (Å²) < 4.78 is 5.51. The highest BCUT2D eigenvalue weighted by atomic mass is 35.5. The van der Waals surface area contributed by atoms with E-state index >= 15 is 0 Å². The highest BCUT2D eigenvalue weighted by molar-refractivity contribution is 7.99. The van der Waals surface area contributed by atoms with Crippen molar-refractivity contribution in [3.05, 3.63) is 40.7 Å². The number of urea groups is 1. The molecule has 1 atom stereocenters. The van der Waals surface area contributed by atoms with Crippen LogP contribution in [0.4, 0.5) is 4.79 Å². The van der Waals surface area contributed by atoms with Crippen molar-refractivity contribution < 1.29 is 18.8 Å². The maximum absolute atomic E-state index is 12.3. The second kappa shape index (κ2) is 9.19. The Morgan fingerprint density at radius 2 is 2.07 bits per heavy atom. The molecule has 0 radical (unpaired) electrons. The third-order valence-corrected chi connectivity index (χ3v) is 5.47. The number of thioether (sulfide) groups is 1. The summed E-state index contributed by atoms with van der Waals surface area (Å²) in [5, 5.41) is 11.4. The molecule has 2 heterocycles. The van der Waals surface area contributed by atoms with Crippen molar-refractivity contribution in [2.45, 2.75) is 25.1 Å². The van der Waals surface area contributed by atoms with Crippen LogP contribution in [0.3, 0.4) is 0 Å². The van der Waals surface area contributed by atoms with Crippen LogP contribution in [0.5, 0.6) is 0 Å². The standard InChI is InChI=1S/C18H18ClN5O4S/c1-10-12(16(26)24(2)17(27)21-10)7-15-22-23-18(28-15)29-9-14(25)20-8-11-5-3-4-6-13(11)19/h3-6,12H,7-9H2,1-2H3,(H,20,25). The van der Waals surface area contributed by atoms with Gasteiger partial charge in [-0.3, -0.25) is 14.5 Å². The van der Waals surface area contributed by atoms with Gasteiger partial charge >= 0.3 is 6.03 Å². The normalized spacial score (nSPS) is 16.7. The van der Waals surface area contributed by atoms with Gasteiger partial charge in [0.2, 0.25) is 17.7 Å². The molecule has 0 fully saturated rings. The molecule has 0 saturated carbocycles. The minimum absolute atomic E-state index is 0.0895. The molecule has 0 aliphatic carbocycles. The summed E-state index contributed by atoms with van der Waals surface area (Å²) >= 11 is 7.15. The van der Waals surface area contributed by atoms with Crippen LogP contribution >= 0.6 is 23.4 Å². The third kappa shape index (κ3) is 5.21. The van der Waals surface area contributed by atoms with Crippen LogP contribution in [0.25, 0.3) is 0 Å². The van der Waals surface area contributed by atoms with E-state index in [2.05, 4.69) is 20.5 Å². The molecule has 1 unspecified atom stereocenters. The van der Waals surface area contributed by atoms with Gasteiger partial charge in [-0.1, -0.05) is 41.6 Å². The fraction of sp³-hybridized carbons (Fsp3) is 0.333. The van der Waals surface area contributed by atoms with E-state index in [9.17, 15) is 14.4 Å². The molecule has 0 saturated heterocycles. The maximum Gasteiger partial charge on any atom is 0.349 e. The third-order valence-electron chi connectivity index (χ3n) is 4.28. The molecule has 0 spiro atoms. The molecule has 9 nitrogen and oxygen atoms in total. The first-order valence-corrected chi connectivity index (χ1v) is 10.0. The summed E-state index contributed by atoms with van der Waals surface area (Å²) in [6, 6.07) is 6.67. The Hall–Kier alpha value is -2.72. The minimum atomic E-state index is -0.630. The molecule has 4 amide bonds. The minimum Gasteiger partial charge on any atom is -0.416 e. The van der Waals surface area contributed by atoms with Crippen molar-refractivity contribution in [3.8, 4) is 0 Å². The lowest BCUT2D eigenvalue weighted by Gasteiger charge is -2.24. The molecule has 0 bridgehead atoms. The van der Waals surface area contributed by atoms with Crippen molar-refractivity contribution in [2.75, 3.05) is 12.8 Å². The van der Waals surface area contributed by atoms with Gasteiger partial charge in [-0.2, -0.15) is 0 Å². The Bertz CT molecular complexity index is 977. The quantitative estimate of drug-likeness (QED) is 0.663. The first-order chi connectivity index (χ1) is 13.8. The number of carbonyl (C=O) groups is 3. The molecule has 1 aromatic carbocycles. The molecular formula is C18H18ClN5O4S. The molecule has 2 aromatic rings. The Morgan fingerprint density at radius 1 is 1.31 bits per heavy atom. The van der Waals surface area contributed by atoms with Gasteiger partial charge in [0.25, 0.3) is 5.22 Å². The number of nitrogens with one attached hydrogen (secondary N) is 1. The number of benzene rings is 1. The molecule has 3 rings (SSSR count). The summed E-state index contributed by atoms with van der Waals surface area (Å²) in [4.78, 5) is 40.6. The van der Waals surface area contributed by atoms with Gasteiger partial charge < -0.3 is 9.73 Å². The van der Waals surface area contributed by atoms with E-state index in [1.54, 1.807) is 13.0 Å². The predicted molar refractivity (Wildman–Crippen MR) is 107 cm³/mol. The number of carbonyl (C=O) groups excluding carboxylic acids is 3. The Morgan fingerprint density at radius 3 is 2.83 bits per heavy atom. The first kappa shape index (κ1) is 21.0. The van der Waals surface area contributed by atoms with Gasteiger partial charge in [-0.15, -0.1) is 10.2 Å². The summed E-state index contributed by atoms with van der Waals surface area (Å²) in [6.07, 6.45) is 0.137. The summed E-state index contributed by atoms with van der Waals surface area (Å²) in [5.41, 5.74) is 1.23. The van der Waals surface area contributed by atoms with Gasteiger partial charge in [0, 0.05) is 30.7 Å². The topological polar surface area (TPSA) is 118 Å². The van der Waals surface area contributed by atoms with Gasteiger partial charge in [0.1, 0.15) is 0 Å². The Kier molecular flexibility index (Phi) is 6.65. The van der Waals surface area contributed by atoms with E-state index < -0.39 is 11.9 Å². The van der Waals surface area contributed by atoms with Gasteiger partial charge in [0.15, 0.2) is 0 Å². The van der Waals surface area contributed by atoms with Crippen LogP contribution in [0.15, 0.2) is 38.9 Å². The van der Waals surface area contributed by atoms with Crippen LogP contribution in [-0.4, -0.2) is 51.5 Å². The molecule has 152 valence electrons. The number of halogens is 1. The molecule has 1 aromatic heterocycles. The van der Waals surface area contributed by atoms with Gasteiger partial charge in [-0.05, 0) is 18.6 Å². The molecule has 11 heteroatoms. The SMILES string of the molecule is CC1=NC(=O)N(C)C(=O)C1Cc1nnc(SCC(=O)NCc2ccccc2Cl)o1. The summed E-state index contributed by atoms with van der Waals surface area (Å²) in [5.74, 6) is -0.879. The lowest BCUT2D eigenvalue weighted by Crippen LogP contribution is -2.44. The number of nitrogens with zero attached hydrogens (tertiary/aromatic N) is 4. The van der Waals surface area contributed by atoms with Crippen molar-refractivity contribution in [1.82, 2.24) is 20.4 Å². The van der Waals surface area contributed by atoms with Crippen molar-refractivity contribution >= 4 is 46.9 Å². The second-order valence-corrected chi connectivity index (χ2v) is 7.64. The smallest absolute Gasteiger partial charge is 0.349 e. The monoisotopic (exact) mass is 435 g/mol. The summed E-state index contributed by atoms with van der Waals surface area (Å²) in [7, 11) is 1.38. The second-order valence-electron chi connectivity index (χ2n) is 6.31. The van der Waals surface area contributed by atoms with Crippen LogP contribution in [0, 0.1) is 5.92 Å². The van der Waals surface area contributed by atoms with Crippen molar-refractivity contribution in [3.63, 3.8) is 0 Å². The Balaban J connectivity index is 1.51. The van der Waals surface area contributed by atoms with E-state index in [0.717, 1.165) is 22.2 Å². The number of imide groups is 1. The largest absolute Gasteiger partial charge is 0.416 e. The molecule has 1 aliphatic heterocycles. The predicted octanol–water partition coefficient (Wildman–Crippen LogP) is 2.34. The van der Waals surface area contributed by atoms with Crippen LogP contribution in [-0.2, 0) is 22.6 Å². The van der Waals surface area contributed by atoms with Crippen LogP contribution in [0.2, 0.25) is 5.02 Å². The van der Waals surface area contributed by atoms with E-state index in [1.807, 2.05) is 18.2 Å². The number of aromatic nitrogens is 2. The van der Waals surface area contributed by atoms with Gasteiger partial charge in [0.05, 0.1) is 11.7 Å². The summed E-state index contributed by atoms with van der Waals surface area (Å²) in [6.45, 7) is 1.94. The molecule has 1 aliphatic rings. The zero-order chi connectivity index (χ0) is 21.0. The van der Waals surface area contributed by atoms with Gasteiger partial charge in [-0.25, -0.2) is 9.79 Å². The average molecular weight is 436 g/mol. The highest BCUT2D eigenvalue weighted by Gasteiger charge is 2.34. The van der Waals surface area contributed by atoms with Crippen molar-refractivity contribution in [2.24, 2.45) is 10.9 Å². The number of amides is 4. The fourth-order valence-electron chi connectivity index (χ4n) is 2.61. The maximum atomic E-state index is 12.3. The van der Waals surface area contributed by atoms with Crippen LogP contribution < -0.4 is 5.32 Å². The highest BCUT2D eigenvalue weighted by Crippen LogP contribution is 2.21. The van der Waals surface area contributed by atoms with E-state index in [4.69, 9.17) is 16.0 Å². The number of hydrogen-bond donors (Lipinski definition) is 1. The van der Waals surface area contributed by atoms with E-state index in [1.165, 1.54) is 7.05 Å². The lowest BCUT2D eigenvalue weighted by molar-refractivity contribution is -0.129. The van der Waals surface area contributed by atoms with E-state index in [-0.39, 0.29) is 35.1 Å². The fourth-order valence-corrected chi connectivity index (χ4v) is 3.43. The van der Waals surface area contributed by atoms with E-state index in [0.29, 0.717) is 17.3 Å². The average Bonchev–Trinajstić information content (AvgIpc) is 3.15. The van der Waals surface area contributed by atoms with Crippen molar-refractivity contribution in [1.29, 1.82) is 0 Å². The zero-order valence-corrected chi connectivity index (χ0v) is 17.3. The molecule has 1 N–H and O–H groups in total.